The van der Waals surface area contributed by atoms with E-state index in [0.717, 1.165) is 21.6 Å². The summed E-state index contributed by atoms with van der Waals surface area (Å²) in [6.45, 7) is 2.08. The summed E-state index contributed by atoms with van der Waals surface area (Å²) in [7, 11) is 0. The van der Waals surface area contributed by atoms with E-state index in [-0.39, 0.29) is 0 Å². The van der Waals surface area contributed by atoms with Gasteiger partial charge < -0.3 is 0 Å². The van der Waals surface area contributed by atoms with Gasteiger partial charge in [-0.3, -0.25) is 5.43 Å². The van der Waals surface area contributed by atoms with Crippen molar-refractivity contribution in [1.29, 1.82) is 0 Å². The number of anilines is 1. The minimum Gasteiger partial charge on any atom is -0.260 e. The highest BCUT2D eigenvalue weighted by Crippen LogP contribution is 2.20. The van der Waals surface area contributed by atoms with Crippen molar-refractivity contribution in [1.82, 2.24) is 9.97 Å². The van der Waals surface area contributed by atoms with Crippen LogP contribution in [0, 0.1) is 6.92 Å². The lowest BCUT2D eigenvalue weighted by molar-refractivity contribution is 1.06. The average Bonchev–Trinajstić information content (AvgIpc) is 3.08. The molecule has 0 amide bonds. The van der Waals surface area contributed by atoms with E-state index in [4.69, 9.17) is 9.97 Å². The molecule has 4 nitrogen and oxygen atoms in total. The largest absolute Gasteiger partial charge is 0.260 e. The third-order valence-electron chi connectivity index (χ3n) is 4.11. The molecule has 0 aliphatic heterocycles. The standard InChI is InChI=1S/C21H18N4S/c1-15-11-12-26-20(15)14-22-25-21-19(13-16-7-3-2-4-8-16)23-17-9-5-6-10-18(17)24-21/h2-12,14H,13H2,1H3,(H,24,25)/b22-14-. The van der Waals surface area contributed by atoms with Crippen molar-refractivity contribution in [3.63, 3.8) is 0 Å². The molecule has 1 N–H and O–H groups in total. The molecule has 0 aliphatic rings. The summed E-state index contributed by atoms with van der Waals surface area (Å²) >= 11 is 1.67. The predicted molar refractivity (Wildman–Crippen MR) is 109 cm³/mol. The highest BCUT2D eigenvalue weighted by atomic mass is 32.1. The van der Waals surface area contributed by atoms with E-state index in [2.05, 4.69) is 41.0 Å². The summed E-state index contributed by atoms with van der Waals surface area (Å²) in [6, 6.07) is 20.3. The number of aromatic nitrogens is 2. The molecule has 128 valence electrons. The first-order valence-corrected chi connectivity index (χ1v) is 9.30. The third kappa shape index (κ3) is 3.63. The molecule has 0 bridgehead atoms. The first-order valence-electron chi connectivity index (χ1n) is 8.42. The maximum Gasteiger partial charge on any atom is 0.169 e. The molecule has 2 aromatic heterocycles. The quantitative estimate of drug-likeness (QED) is 0.402. The van der Waals surface area contributed by atoms with Crippen LogP contribution in [-0.2, 0) is 6.42 Å². The lowest BCUT2D eigenvalue weighted by atomic mass is 10.1. The average molecular weight is 358 g/mol. The topological polar surface area (TPSA) is 50.2 Å². The van der Waals surface area contributed by atoms with Gasteiger partial charge in [0.2, 0.25) is 0 Å². The zero-order chi connectivity index (χ0) is 17.8. The Bertz CT molecular complexity index is 1050. The van der Waals surface area contributed by atoms with E-state index in [0.29, 0.717) is 12.2 Å². The molecule has 4 rings (SSSR count). The first kappa shape index (κ1) is 16.4. The van der Waals surface area contributed by atoms with E-state index >= 15 is 0 Å². The van der Waals surface area contributed by atoms with Gasteiger partial charge in [-0.15, -0.1) is 11.3 Å². The number of fused-ring (bicyclic) bond motifs is 1. The molecule has 5 heteroatoms. The summed E-state index contributed by atoms with van der Waals surface area (Å²) in [5.41, 5.74) is 8.13. The van der Waals surface area contributed by atoms with Gasteiger partial charge in [-0.25, -0.2) is 9.97 Å². The van der Waals surface area contributed by atoms with Crippen LogP contribution in [0.1, 0.15) is 21.7 Å². The highest BCUT2D eigenvalue weighted by molar-refractivity contribution is 7.11. The molecular formula is C21H18N4S. The van der Waals surface area contributed by atoms with Crippen LogP contribution in [0.15, 0.2) is 71.1 Å². The van der Waals surface area contributed by atoms with Crippen LogP contribution >= 0.6 is 11.3 Å². The molecule has 2 heterocycles. The fourth-order valence-electron chi connectivity index (χ4n) is 2.71. The van der Waals surface area contributed by atoms with Crippen LogP contribution in [0.5, 0.6) is 0 Å². The van der Waals surface area contributed by atoms with Crippen molar-refractivity contribution in [2.45, 2.75) is 13.3 Å². The summed E-state index contributed by atoms with van der Waals surface area (Å²) in [6.07, 6.45) is 2.54. The second kappa shape index (κ2) is 7.45. The smallest absolute Gasteiger partial charge is 0.169 e. The molecule has 0 aliphatic carbocycles. The highest BCUT2D eigenvalue weighted by Gasteiger charge is 2.09. The van der Waals surface area contributed by atoms with Gasteiger partial charge in [0.05, 0.1) is 22.9 Å². The molecular weight excluding hydrogens is 340 g/mol. The molecule has 2 aromatic carbocycles. The van der Waals surface area contributed by atoms with Crippen LogP contribution in [-0.4, -0.2) is 16.2 Å². The van der Waals surface area contributed by atoms with Gasteiger partial charge in [-0.05, 0) is 41.6 Å². The lowest BCUT2D eigenvalue weighted by Gasteiger charge is -2.09. The Balaban J connectivity index is 1.67. The summed E-state index contributed by atoms with van der Waals surface area (Å²) in [5.74, 6) is 0.693. The Morgan fingerprint density at radius 2 is 1.69 bits per heavy atom. The number of benzene rings is 2. The molecule has 0 unspecified atom stereocenters. The van der Waals surface area contributed by atoms with Gasteiger partial charge in [-0.2, -0.15) is 5.10 Å². The molecule has 0 spiro atoms. The van der Waals surface area contributed by atoms with Gasteiger partial charge in [0.1, 0.15) is 0 Å². The van der Waals surface area contributed by atoms with Crippen molar-refractivity contribution in [3.05, 3.63) is 87.7 Å². The van der Waals surface area contributed by atoms with Crippen LogP contribution in [0.25, 0.3) is 11.0 Å². The van der Waals surface area contributed by atoms with Gasteiger partial charge in [0.25, 0.3) is 0 Å². The summed E-state index contributed by atoms with van der Waals surface area (Å²) in [5, 5.41) is 6.45. The maximum atomic E-state index is 4.81. The number of nitrogens with zero attached hydrogens (tertiary/aromatic N) is 3. The number of hydrogen-bond donors (Lipinski definition) is 1. The normalized spacial score (nSPS) is 11.3. The number of para-hydroxylation sites is 2. The molecule has 4 aromatic rings. The van der Waals surface area contributed by atoms with E-state index in [1.807, 2.05) is 48.7 Å². The second-order valence-corrected chi connectivity index (χ2v) is 6.96. The van der Waals surface area contributed by atoms with E-state index in [1.54, 1.807) is 11.3 Å². The van der Waals surface area contributed by atoms with E-state index in [9.17, 15) is 0 Å². The van der Waals surface area contributed by atoms with E-state index in [1.165, 1.54) is 11.1 Å². The SMILES string of the molecule is Cc1ccsc1/C=N\Nc1nc2ccccc2nc1Cc1ccccc1. The van der Waals surface area contributed by atoms with Gasteiger partial charge in [-0.1, -0.05) is 42.5 Å². The summed E-state index contributed by atoms with van der Waals surface area (Å²) < 4.78 is 0. The number of thiophene rings is 1. The molecule has 0 radical (unpaired) electrons. The Kier molecular flexibility index (Phi) is 4.71. The van der Waals surface area contributed by atoms with Crippen LogP contribution in [0.4, 0.5) is 5.82 Å². The zero-order valence-corrected chi connectivity index (χ0v) is 15.2. The van der Waals surface area contributed by atoms with Crippen molar-refractivity contribution in [2.75, 3.05) is 5.43 Å². The fourth-order valence-corrected chi connectivity index (χ4v) is 3.49. The van der Waals surface area contributed by atoms with Crippen molar-refractivity contribution in [2.24, 2.45) is 5.10 Å². The van der Waals surface area contributed by atoms with Gasteiger partial charge in [0, 0.05) is 11.3 Å². The Hall–Kier alpha value is -3.05. The minimum absolute atomic E-state index is 0.693. The molecule has 0 saturated carbocycles. The van der Waals surface area contributed by atoms with Crippen molar-refractivity contribution < 1.29 is 0 Å². The third-order valence-corrected chi connectivity index (χ3v) is 5.06. The first-order chi connectivity index (χ1) is 12.8. The van der Waals surface area contributed by atoms with Crippen LogP contribution < -0.4 is 5.43 Å². The number of nitrogens with one attached hydrogen (secondary N) is 1. The molecule has 0 atom stereocenters. The zero-order valence-electron chi connectivity index (χ0n) is 14.4. The Morgan fingerprint density at radius 3 is 2.42 bits per heavy atom. The number of aryl methyl sites for hydroxylation is 1. The lowest BCUT2D eigenvalue weighted by Crippen LogP contribution is -2.03. The van der Waals surface area contributed by atoms with E-state index < -0.39 is 0 Å². The monoisotopic (exact) mass is 358 g/mol. The predicted octanol–water partition coefficient (Wildman–Crippen LogP) is 5.04. The van der Waals surface area contributed by atoms with Crippen molar-refractivity contribution in [3.8, 4) is 0 Å². The number of hydrogen-bond acceptors (Lipinski definition) is 5. The molecule has 0 fully saturated rings. The minimum atomic E-state index is 0.693. The van der Waals surface area contributed by atoms with Crippen LogP contribution in [0.2, 0.25) is 0 Å². The van der Waals surface area contributed by atoms with Crippen molar-refractivity contribution >= 4 is 34.4 Å². The van der Waals surface area contributed by atoms with Gasteiger partial charge in [0.15, 0.2) is 5.82 Å². The van der Waals surface area contributed by atoms with Gasteiger partial charge >= 0.3 is 0 Å². The number of rotatable bonds is 5. The second-order valence-electron chi connectivity index (χ2n) is 6.01. The Labute approximate surface area is 156 Å². The Morgan fingerprint density at radius 1 is 0.962 bits per heavy atom. The van der Waals surface area contributed by atoms with Crippen LogP contribution in [0.3, 0.4) is 0 Å². The molecule has 26 heavy (non-hydrogen) atoms. The molecule has 0 saturated heterocycles. The number of hydrazone groups is 1. The summed E-state index contributed by atoms with van der Waals surface area (Å²) in [4.78, 5) is 10.7. The fraction of sp³-hybridized carbons (Fsp3) is 0.0952. The maximum absolute atomic E-state index is 4.81.